The summed E-state index contributed by atoms with van der Waals surface area (Å²) >= 11 is 0. The summed E-state index contributed by atoms with van der Waals surface area (Å²) in [5.74, 6) is -0.0664. The van der Waals surface area contributed by atoms with Crippen LogP contribution in [0.1, 0.15) is 5.56 Å². The summed E-state index contributed by atoms with van der Waals surface area (Å²) < 4.78 is 10.7. The highest BCUT2D eigenvalue weighted by molar-refractivity contribution is 5.92. The Balaban J connectivity index is 1.64. The quantitative estimate of drug-likeness (QED) is 0.216. The van der Waals surface area contributed by atoms with E-state index in [9.17, 15) is 35.1 Å². The van der Waals surface area contributed by atoms with Crippen molar-refractivity contribution in [3.63, 3.8) is 0 Å². The molecule has 3 aromatic rings. The molecule has 15 nitrogen and oxygen atoms in total. The molecule has 3 rings (SSSR count). The van der Waals surface area contributed by atoms with Gasteiger partial charge in [0.25, 0.3) is 17.3 Å². The molecule has 3 aromatic carbocycles. The Hall–Kier alpha value is -5.60. The van der Waals surface area contributed by atoms with Gasteiger partial charge >= 0.3 is 5.69 Å². The zero-order valence-corrected chi connectivity index (χ0v) is 19.0. The second kappa shape index (κ2) is 11.7. The SMILES string of the molecule is COc1cc(/C=N/Nc2ccc([N+](=O)[O-])cc2[N+](=O)[O-])ccc1OCC(=O)Nc1cccc([N+](=O)[O-])c1. The van der Waals surface area contributed by atoms with Crippen LogP contribution in [0.3, 0.4) is 0 Å². The maximum atomic E-state index is 12.2. The van der Waals surface area contributed by atoms with Crippen molar-refractivity contribution in [2.45, 2.75) is 0 Å². The summed E-state index contributed by atoms with van der Waals surface area (Å²) in [6.45, 7) is -0.405. The van der Waals surface area contributed by atoms with Crippen LogP contribution in [0.2, 0.25) is 0 Å². The van der Waals surface area contributed by atoms with Crippen LogP contribution >= 0.6 is 0 Å². The van der Waals surface area contributed by atoms with Crippen LogP contribution in [0.4, 0.5) is 28.4 Å². The van der Waals surface area contributed by atoms with Gasteiger partial charge in [0.15, 0.2) is 18.1 Å². The van der Waals surface area contributed by atoms with Crippen molar-refractivity contribution in [1.82, 2.24) is 0 Å². The molecule has 190 valence electrons. The number of methoxy groups -OCH3 is 1. The second-order valence-corrected chi connectivity index (χ2v) is 7.14. The molecule has 0 saturated heterocycles. The molecule has 0 atom stereocenters. The average Bonchev–Trinajstić information content (AvgIpc) is 2.87. The number of hydrogen-bond donors (Lipinski definition) is 2. The van der Waals surface area contributed by atoms with E-state index >= 15 is 0 Å². The van der Waals surface area contributed by atoms with Gasteiger partial charge in [-0.3, -0.25) is 40.6 Å². The Bertz CT molecular complexity index is 1390. The highest BCUT2D eigenvalue weighted by atomic mass is 16.6. The van der Waals surface area contributed by atoms with E-state index in [1.54, 1.807) is 6.07 Å². The van der Waals surface area contributed by atoms with Crippen LogP contribution in [0.25, 0.3) is 0 Å². The number of rotatable bonds is 11. The van der Waals surface area contributed by atoms with Crippen LogP contribution in [0, 0.1) is 30.3 Å². The average molecular weight is 510 g/mol. The Morgan fingerprint density at radius 3 is 2.32 bits per heavy atom. The third-order valence-corrected chi connectivity index (χ3v) is 4.67. The highest BCUT2D eigenvalue weighted by Crippen LogP contribution is 2.30. The predicted octanol–water partition coefficient (Wildman–Crippen LogP) is 3.88. The minimum Gasteiger partial charge on any atom is -0.493 e. The zero-order valence-electron chi connectivity index (χ0n) is 19.0. The van der Waals surface area contributed by atoms with E-state index in [4.69, 9.17) is 9.47 Å². The third kappa shape index (κ3) is 6.95. The van der Waals surface area contributed by atoms with Gasteiger partial charge in [-0.2, -0.15) is 5.10 Å². The lowest BCUT2D eigenvalue weighted by molar-refractivity contribution is -0.393. The Morgan fingerprint density at radius 2 is 1.65 bits per heavy atom. The number of ether oxygens (including phenoxy) is 2. The molecule has 2 N–H and O–H groups in total. The first-order valence-electron chi connectivity index (χ1n) is 10.2. The van der Waals surface area contributed by atoms with Crippen molar-refractivity contribution < 1.29 is 29.0 Å². The number of benzene rings is 3. The predicted molar refractivity (Wildman–Crippen MR) is 131 cm³/mol. The normalized spacial score (nSPS) is 10.5. The van der Waals surface area contributed by atoms with E-state index in [0.29, 0.717) is 5.56 Å². The number of carbonyl (C=O) groups is 1. The van der Waals surface area contributed by atoms with Gasteiger partial charge in [-0.1, -0.05) is 6.07 Å². The van der Waals surface area contributed by atoms with Gasteiger partial charge in [-0.15, -0.1) is 0 Å². The second-order valence-electron chi connectivity index (χ2n) is 7.14. The number of amides is 1. The van der Waals surface area contributed by atoms with E-state index in [1.807, 2.05) is 0 Å². The Morgan fingerprint density at radius 1 is 0.919 bits per heavy atom. The molecule has 0 aliphatic heterocycles. The molecule has 0 aliphatic carbocycles. The van der Waals surface area contributed by atoms with Crippen LogP contribution in [-0.4, -0.2) is 40.6 Å². The van der Waals surface area contributed by atoms with E-state index < -0.39 is 38.7 Å². The van der Waals surface area contributed by atoms with Gasteiger partial charge in [0.05, 0.1) is 34.2 Å². The minimum atomic E-state index is -0.769. The Labute approximate surface area is 207 Å². The number of nitrogens with zero attached hydrogens (tertiary/aromatic N) is 4. The number of non-ortho nitro benzene ring substituents is 2. The molecular formula is C22H18N6O9. The fraction of sp³-hybridized carbons (Fsp3) is 0.0909. The maximum absolute atomic E-state index is 12.2. The van der Waals surface area contributed by atoms with E-state index in [1.165, 1.54) is 55.8 Å². The van der Waals surface area contributed by atoms with Gasteiger partial charge in [0.1, 0.15) is 5.69 Å². The van der Waals surface area contributed by atoms with E-state index in [-0.39, 0.29) is 28.6 Å². The Kier molecular flexibility index (Phi) is 8.22. The van der Waals surface area contributed by atoms with Crippen molar-refractivity contribution in [3.05, 3.63) is 96.6 Å². The summed E-state index contributed by atoms with van der Waals surface area (Å²) in [4.78, 5) is 43.0. The first-order valence-corrected chi connectivity index (χ1v) is 10.2. The van der Waals surface area contributed by atoms with Gasteiger partial charge < -0.3 is 14.8 Å². The molecule has 0 bridgehead atoms. The van der Waals surface area contributed by atoms with E-state index in [0.717, 1.165) is 12.1 Å². The van der Waals surface area contributed by atoms with Crippen LogP contribution in [0.15, 0.2) is 65.8 Å². The zero-order chi connectivity index (χ0) is 26.9. The number of nitrogens with one attached hydrogen (secondary N) is 2. The molecule has 0 unspecified atom stereocenters. The number of nitro groups is 3. The molecule has 37 heavy (non-hydrogen) atoms. The van der Waals surface area contributed by atoms with Gasteiger partial charge in [-0.05, 0) is 35.9 Å². The molecule has 1 amide bonds. The van der Waals surface area contributed by atoms with E-state index in [2.05, 4.69) is 15.8 Å². The summed E-state index contributed by atoms with van der Waals surface area (Å²) in [6, 6.07) is 13.2. The van der Waals surface area contributed by atoms with Crippen LogP contribution in [-0.2, 0) is 4.79 Å². The minimum absolute atomic E-state index is 0.0477. The lowest BCUT2D eigenvalue weighted by Crippen LogP contribution is -2.20. The number of nitro benzene ring substituents is 3. The van der Waals surface area contributed by atoms with Crippen molar-refractivity contribution in [3.8, 4) is 11.5 Å². The molecule has 0 heterocycles. The van der Waals surface area contributed by atoms with Crippen molar-refractivity contribution in [1.29, 1.82) is 0 Å². The summed E-state index contributed by atoms with van der Waals surface area (Å²) in [6.07, 6.45) is 1.33. The van der Waals surface area contributed by atoms with Crippen molar-refractivity contribution in [2.24, 2.45) is 5.10 Å². The summed E-state index contributed by atoms with van der Waals surface area (Å²) in [7, 11) is 1.38. The fourth-order valence-electron chi connectivity index (χ4n) is 2.98. The fourth-order valence-corrected chi connectivity index (χ4v) is 2.98. The molecule has 0 saturated carbocycles. The highest BCUT2D eigenvalue weighted by Gasteiger charge is 2.19. The van der Waals surface area contributed by atoms with Gasteiger partial charge in [0, 0.05) is 23.9 Å². The van der Waals surface area contributed by atoms with Crippen molar-refractivity contribution >= 4 is 40.6 Å². The van der Waals surface area contributed by atoms with Gasteiger partial charge in [0.2, 0.25) is 0 Å². The van der Waals surface area contributed by atoms with Crippen molar-refractivity contribution in [2.75, 3.05) is 24.5 Å². The summed E-state index contributed by atoms with van der Waals surface area (Å²) in [5, 5.41) is 39.3. The number of anilines is 2. The topological polar surface area (TPSA) is 201 Å². The number of hydrogen-bond acceptors (Lipinski definition) is 11. The standard InChI is InChI=1S/C22H18N6O9/c1-36-21-9-14(12-23-25-18-7-6-17(27(32)33)11-19(18)28(34)35)5-8-20(21)37-13-22(29)24-15-3-2-4-16(10-15)26(30)31/h2-12,25H,13H2,1H3,(H,24,29)/b23-12+. The summed E-state index contributed by atoms with van der Waals surface area (Å²) in [5.41, 5.74) is 2.05. The molecule has 15 heteroatoms. The molecular weight excluding hydrogens is 492 g/mol. The molecule has 0 aromatic heterocycles. The molecule has 0 spiro atoms. The molecule has 0 fully saturated rings. The third-order valence-electron chi connectivity index (χ3n) is 4.67. The van der Waals surface area contributed by atoms with Gasteiger partial charge in [-0.25, -0.2) is 0 Å². The van der Waals surface area contributed by atoms with Crippen LogP contribution in [0.5, 0.6) is 11.5 Å². The lowest BCUT2D eigenvalue weighted by atomic mass is 10.2. The smallest absolute Gasteiger partial charge is 0.301 e. The molecule has 0 radical (unpaired) electrons. The molecule has 0 aliphatic rings. The number of carbonyl (C=O) groups excluding carboxylic acids is 1. The lowest BCUT2D eigenvalue weighted by Gasteiger charge is -2.11. The first kappa shape index (κ1) is 26.0. The maximum Gasteiger partial charge on any atom is 0.301 e. The monoisotopic (exact) mass is 510 g/mol. The first-order chi connectivity index (χ1) is 17.7. The number of hydrazone groups is 1. The largest absolute Gasteiger partial charge is 0.493 e. The van der Waals surface area contributed by atoms with Crippen LogP contribution < -0.4 is 20.2 Å².